The topological polar surface area (TPSA) is 55.0 Å². The zero-order valence-corrected chi connectivity index (χ0v) is 10.2. The third kappa shape index (κ3) is 2.44. The number of hydrogen-bond acceptors (Lipinski definition) is 4. The third-order valence-electron chi connectivity index (χ3n) is 3.17. The SMILES string of the molecule is CCN1CCCC1Cc1cc(Cl)c(N)nn1. The molecule has 1 aromatic rings. The normalized spacial score (nSPS) is 21.5. The molecule has 1 aromatic heterocycles. The van der Waals surface area contributed by atoms with Gasteiger partial charge in [0.05, 0.1) is 10.7 Å². The number of halogens is 1. The Bertz CT molecular complexity index is 369. The zero-order chi connectivity index (χ0) is 11.5. The largest absolute Gasteiger partial charge is 0.381 e. The zero-order valence-electron chi connectivity index (χ0n) is 9.49. The van der Waals surface area contributed by atoms with Crippen molar-refractivity contribution in [3.05, 3.63) is 16.8 Å². The number of nitrogens with zero attached hydrogens (tertiary/aromatic N) is 3. The number of nitrogen functional groups attached to an aromatic ring is 1. The first kappa shape index (κ1) is 11.6. The van der Waals surface area contributed by atoms with E-state index in [1.807, 2.05) is 6.07 Å². The number of likely N-dealkylation sites (tertiary alicyclic amines) is 1. The molecule has 0 amide bonds. The predicted octanol–water partition coefficient (Wildman–Crippen LogP) is 1.74. The summed E-state index contributed by atoms with van der Waals surface area (Å²) < 4.78 is 0. The van der Waals surface area contributed by atoms with Gasteiger partial charge in [-0.05, 0) is 32.0 Å². The van der Waals surface area contributed by atoms with Crippen molar-refractivity contribution < 1.29 is 0 Å². The van der Waals surface area contributed by atoms with E-state index in [0.717, 1.165) is 18.7 Å². The first-order chi connectivity index (χ1) is 7.70. The van der Waals surface area contributed by atoms with Crippen LogP contribution in [0.1, 0.15) is 25.5 Å². The maximum absolute atomic E-state index is 5.93. The summed E-state index contributed by atoms with van der Waals surface area (Å²) in [5, 5.41) is 8.44. The van der Waals surface area contributed by atoms with E-state index >= 15 is 0 Å². The van der Waals surface area contributed by atoms with Crippen LogP contribution in [0, 0.1) is 0 Å². The van der Waals surface area contributed by atoms with Crippen molar-refractivity contribution in [3.8, 4) is 0 Å². The summed E-state index contributed by atoms with van der Waals surface area (Å²) in [4.78, 5) is 2.48. The van der Waals surface area contributed by atoms with Crippen molar-refractivity contribution in [2.45, 2.75) is 32.2 Å². The van der Waals surface area contributed by atoms with Crippen molar-refractivity contribution in [1.82, 2.24) is 15.1 Å². The fourth-order valence-corrected chi connectivity index (χ4v) is 2.46. The summed E-state index contributed by atoms with van der Waals surface area (Å²) in [7, 11) is 0. The van der Waals surface area contributed by atoms with Crippen molar-refractivity contribution >= 4 is 17.4 Å². The highest BCUT2D eigenvalue weighted by atomic mass is 35.5. The summed E-state index contributed by atoms with van der Waals surface area (Å²) in [6, 6.07) is 2.41. The van der Waals surface area contributed by atoms with Crippen LogP contribution in [0.2, 0.25) is 5.02 Å². The first-order valence-electron chi connectivity index (χ1n) is 5.72. The van der Waals surface area contributed by atoms with Crippen LogP contribution in [0.5, 0.6) is 0 Å². The summed E-state index contributed by atoms with van der Waals surface area (Å²) in [5.74, 6) is 0.309. The smallest absolute Gasteiger partial charge is 0.164 e. The number of anilines is 1. The highest BCUT2D eigenvalue weighted by molar-refractivity contribution is 6.32. The second-order valence-electron chi connectivity index (χ2n) is 4.20. The number of nitrogens with two attached hydrogens (primary N) is 1. The van der Waals surface area contributed by atoms with Crippen LogP contribution in [-0.4, -0.2) is 34.2 Å². The number of hydrogen-bond donors (Lipinski definition) is 1. The second-order valence-corrected chi connectivity index (χ2v) is 4.60. The van der Waals surface area contributed by atoms with E-state index in [9.17, 15) is 0 Å². The van der Waals surface area contributed by atoms with Gasteiger partial charge in [-0.1, -0.05) is 18.5 Å². The molecule has 1 aliphatic rings. The molecule has 1 atom stereocenters. The fourth-order valence-electron chi connectivity index (χ4n) is 2.30. The Balaban J connectivity index is 2.05. The third-order valence-corrected chi connectivity index (χ3v) is 3.48. The Morgan fingerprint density at radius 2 is 2.38 bits per heavy atom. The molecule has 0 radical (unpaired) electrons. The minimum Gasteiger partial charge on any atom is -0.381 e. The van der Waals surface area contributed by atoms with Gasteiger partial charge in [0.25, 0.3) is 0 Å². The summed E-state index contributed by atoms with van der Waals surface area (Å²) >= 11 is 5.93. The predicted molar refractivity (Wildman–Crippen MR) is 65.4 cm³/mol. The molecule has 2 rings (SSSR count). The molecular weight excluding hydrogens is 224 g/mol. The molecule has 2 heterocycles. The molecule has 1 unspecified atom stereocenters. The Hall–Kier alpha value is -0.870. The molecule has 1 fully saturated rings. The Morgan fingerprint density at radius 3 is 3.06 bits per heavy atom. The van der Waals surface area contributed by atoms with E-state index in [2.05, 4.69) is 22.0 Å². The van der Waals surface area contributed by atoms with Gasteiger partial charge in [0, 0.05) is 12.5 Å². The molecule has 0 aliphatic carbocycles. The average molecular weight is 241 g/mol. The second kappa shape index (κ2) is 4.97. The molecule has 1 saturated heterocycles. The minimum atomic E-state index is 0.309. The van der Waals surface area contributed by atoms with E-state index in [1.54, 1.807) is 0 Å². The van der Waals surface area contributed by atoms with Gasteiger partial charge < -0.3 is 10.6 Å². The lowest BCUT2D eigenvalue weighted by atomic mass is 10.1. The Kier molecular flexibility index (Phi) is 3.61. The molecule has 88 valence electrons. The quantitative estimate of drug-likeness (QED) is 0.875. The van der Waals surface area contributed by atoms with Crippen LogP contribution in [0.4, 0.5) is 5.82 Å². The van der Waals surface area contributed by atoms with Gasteiger partial charge in [0.2, 0.25) is 0 Å². The van der Waals surface area contributed by atoms with E-state index in [1.165, 1.54) is 19.4 Å². The van der Waals surface area contributed by atoms with Gasteiger partial charge in [-0.25, -0.2) is 0 Å². The molecule has 2 N–H and O–H groups in total. The van der Waals surface area contributed by atoms with Crippen molar-refractivity contribution in [1.29, 1.82) is 0 Å². The Labute approximate surface area is 101 Å². The average Bonchev–Trinajstić information content (AvgIpc) is 2.71. The molecule has 4 nitrogen and oxygen atoms in total. The van der Waals surface area contributed by atoms with Gasteiger partial charge in [0.1, 0.15) is 0 Å². The standard InChI is InChI=1S/C11H17ClN4/c1-2-16-5-3-4-9(16)6-8-7-10(12)11(13)15-14-8/h7,9H,2-6H2,1H3,(H2,13,15). The molecule has 1 aliphatic heterocycles. The van der Waals surface area contributed by atoms with Gasteiger partial charge in [-0.3, -0.25) is 0 Å². The van der Waals surface area contributed by atoms with Crippen molar-refractivity contribution in [2.75, 3.05) is 18.8 Å². The molecule has 0 aromatic carbocycles. The lowest BCUT2D eigenvalue weighted by molar-refractivity contribution is 0.264. The van der Waals surface area contributed by atoms with Crippen LogP contribution in [0.15, 0.2) is 6.07 Å². The number of likely N-dealkylation sites (N-methyl/N-ethyl adjacent to an activating group) is 1. The van der Waals surface area contributed by atoms with Gasteiger partial charge in [-0.2, -0.15) is 5.10 Å². The van der Waals surface area contributed by atoms with E-state index in [0.29, 0.717) is 16.9 Å². The van der Waals surface area contributed by atoms with E-state index < -0.39 is 0 Å². The first-order valence-corrected chi connectivity index (χ1v) is 6.10. The molecule has 0 spiro atoms. The molecule has 16 heavy (non-hydrogen) atoms. The maximum Gasteiger partial charge on any atom is 0.164 e. The van der Waals surface area contributed by atoms with Crippen LogP contribution < -0.4 is 5.73 Å². The molecular formula is C11H17ClN4. The van der Waals surface area contributed by atoms with Gasteiger partial charge in [0.15, 0.2) is 5.82 Å². The summed E-state index contributed by atoms with van der Waals surface area (Å²) in [6.45, 7) is 4.48. The van der Waals surface area contributed by atoms with Crippen molar-refractivity contribution in [2.24, 2.45) is 0 Å². The fraction of sp³-hybridized carbons (Fsp3) is 0.636. The summed E-state index contributed by atoms with van der Waals surface area (Å²) in [6.07, 6.45) is 3.42. The lowest BCUT2D eigenvalue weighted by Crippen LogP contribution is -2.31. The monoisotopic (exact) mass is 240 g/mol. The van der Waals surface area contributed by atoms with Crippen LogP contribution in [0.25, 0.3) is 0 Å². The van der Waals surface area contributed by atoms with Crippen LogP contribution >= 0.6 is 11.6 Å². The molecule has 0 saturated carbocycles. The minimum absolute atomic E-state index is 0.309. The Morgan fingerprint density at radius 1 is 1.56 bits per heavy atom. The summed E-state index contributed by atoms with van der Waals surface area (Å²) in [5.41, 5.74) is 6.47. The van der Waals surface area contributed by atoms with E-state index in [-0.39, 0.29) is 0 Å². The maximum atomic E-state index is 5.93. The molecule has 0 bridgehead atoms. The van der Waals surface area contributed by atoms with Gasteiger partial charge >= 0.3 is 0 Å². The van der Waals surface area contributed by atoms with Crippen LogP contribution in [-0.2, 0) is 6.42 Å². The lowest BCUT2D eigenvalue weighted by Gasteiger charge is -2.22. The van der Waals surface area contributed by atoms with Crippen LogP contribution in [0.3, 0.4) is 0 Å². The van der Waals surface area contributed by atoms with E-state index in [4.69, 9.17) is 17.3 Å². The van der Waals surface area contributed by atoms with Crippen molar-refractivity contribution in [3.63, 3.8) is 0 Å². The highest BCUT2D eigenvalue weighted by Gasteiger charge is 2.23. The van der Waals surface area contributed by atoms with Gasteiger partial charge in [-0.15, -0.1) is 5.10 Å². The number of aromatic nitrogens is 2. The highest BCUT2D eigenvalue weighted by Crippen LogP contribution is 2.22. The molecule has 5 heteroatoms. The number of rotatable bonds is 3.